The molecule has 2 aliphatic carbocycles. The fraction of sp³-hybridized carbons (Fsp3) is 1.00. The second-order valence-corrected chi connectivity index (χ2v) is 13.4. The zero-order chi connectivity index (χ0) is 20.6. The van der Waals surface area contributed by atoms with Gasteiger partial charge in [-0.15, -0.1) is 0 Å². The Morgan fingerprint density at radius 1 is 0.962 bits per heavy atom. The van der Waals surface area contributed by atoms with Gasteiger partial charge in [0.25, 0.3) is 0 Å². The molecule has 0 aromatic rings. The maximum Gasteiger partial charge on any atom is 0.0597 e. The van der Waals surface area contributed by atoms with Crippen LogP contribution in [0.2, 0.25) is 0 Å². The molecule has 2 rings (SSSR count). The molecular weight excluding hydrogens is 316 g/mol. The van der Waals surface area contributed by atoms with Crippen LogP contribution in [-0.2, 0) is 0 Å². The second kappa shape index (κ2) is 5.98. The van der Waals surface area contributed by atoms with Gasteiger partial charge in [0.15, 0.2) is 0 Å². The lowest BCUT2D eigenvalue weighted by Crippen LogP contribution is -2.60. The lowest BCUT2D eigenvalue weighted by Gasteiger charge is -2.66. The third-order valence-corrected chi connectivity index (χ3v) is 8.49. The summed E-state index contributed by atoms with van der Waals surface area (Å²) in [6, 6.07) is 0. The van der Waals surface area contributed by atoms with Crippen LogP contribution in [0.25, 0.3) is 0 Å². The van der Waals surface area contributed by atoms with Crippen molar-refractivity contribution in [2.75, 3.05) is 0 Å². The molecule has 0 heterocycles. The van der Waals surface area contributed by atoms with E-state index in [1.165, 1.54) is 19.3 Å². The molecule has 0 aromatic carbocycles. The second-order valence-electron chi connectivity index (χ2n) is 13.4. The van der Waals surface area contributed by atoms with Crippen molar-refractivity contribution in [2.45, 2.75) is 114 Å². The van der Waals surface area contributed by atoms with Crippen molar-refractivity contribution >= 4 is 0 Å². The zero-order valence-electron chi connectivity index (χ0n) is 20.0. The largest absolute Gasteiger partial charge is 0.390 e. The minimum absolute atomic E-state index is 0.134. The normalized spacial score (nSPS) is 37.2. The van der Waals surface area contributed by atoms with E-state index in [1.54, 1.807) is 0 Å². The van der Waals surface area contributed by atoms with Gasteiger partial charge < -0.3 is 5.11 Å². The Morgan fingerprint density at radius 2 is 1.46 bits per heavy atom. The molecule has 0 radical (unpaired) electrons. The fourth-order valence-corrected chi connectivity index (χ4v) is 8.50. The molecule has 0 aromatic heterocycles. The Kier molecular flexibility index (Phi) is 5.12. The molecule has 2 fully saturated rings. The molecule has 2 aliphatic rings. The molecular formula is C25H48O. The highest BCUT2D eigenvalue weighted by Gasteiger charge is 2.84. The van der Waals surface area contributed by atoms with Gasteiger partial charge >= 0.3 is 0 Å². The van der Waals surface area contributed by atoms with Gasteiger partial charge in [0.1, 0.15) is 0 Å². The summed E-state index contributed by atoms with van der Waals surface area (Å²) in [5, 5.41) is 10.7. The fourth-order valence-electron chi connectivity index (χ4n) is 8.50. The van der Waals surface area contributed by atoms with Crippen molar-refractivity contribution in [3.05, 3.63) is 0 Å². The van der Waals surface area contributed by atoms with Gasteiger partial charge in [0, 0.05) is 0 Å². The Morgan fingerprint density at radius 3 is 1.77 bits per heavy atom. The Hall–Kier alpha value is -0.0400. The molecule has 1 N–H and O–H groups in total. The SMILES string of the molecule is CCC(C)(CC(C)(C)C)C1(C(C)(C)CC(C)(C)O)CC2(C)C(C(C)C)C21. The third-order valence-electron chi connectivity index (χ3n) is 8.49. The highest BCUT2D eigenvalue weighted by molar-refractivity contribution is 5.32. The van der Waals surface area contributed by atoms with Crippen molar-refractivity contribution in [3.8, 4) is 0 Å². The summed E-state index contributed by atoms with van der Waals surface area (Å²) in [7, 11) is 0. The topological polar surface area (TPSA) is 20.2 Å². The summed E-state index contributed by atoms with van der Waals surface area (Å²) in [5.41, 5.74) is 1.03. The van der Waals surface area contributed by atoms with Crippen LogP contribution in [-0.4, -0.2) is 10.7 Å². The van der Waals surface area contributed by atoms with Gasteiger partial charge in [-0.25, -0.2) is 0 Å². The minimum atomic E-state index is -0.610. The molecule has 5 unspecified atom stereocenters. The lowest BCUT2D eigenvalue weighted by atomic mass is 9.38. The summed E-state index contributed by atoms with van der Waals surface area (Å²) < 4.78 is 0. The van der Waals surface area contributed by atoms with Gasteiger partial charge in [-0.1, -0.05) is 75.7 Å². The van der Waals surface area contributed by atoms with Crippen LogP contribution in [0.4, 0.5) is 0 Å². The maximum absolute atomic E-state index is 10.7. The van der Waals surface area contributed by atoms with E-state index in [4.69, 9.17) is 0 Å². The Bertz CT molecular complexity index is 531. The van der Waals surface area contributed by atoms with E-state index in [1.807, 2.05) is 13.8 Å². The van der Waals surface area contributed by atoms with E-state index in [-0.39, 0.29) is 5.41 Å². The first-order valence-corrected chi connectivity index (χ1v) is 11.1. The predicted molar refractivity (Wildman–Crippen MR) is 114 cm³/mol. The van der Waals surface area contributed by atoms with Crippen LogP contribution in [0, 0.1) is 44.8 Å². The van der Waals surface area contributed by atoms with Crippen LogP contribution >= 0.6 is 0 Å². The Balaban J connectivity index is 2.55. The van der Waals surface area contributed by atoms with E-state index in [2.05, 4.69) is 69.2 Å². The molecule has 1 nitrogen and oxygen atoms in total. The first kappa shape index (κ1) is 22.3. The van der Waals surface area contributed by atoms with E-state index in [0.29, 0.717) is 21.7 Å². The first-order valence-electron chi connectivity index (χ1n) is 11.1. The molecule has 154 valence electrons. The molecule has 0 spiro atoms. The zero-order valence-corrected chi connectivity index (χ0v) is 20.0. The van der Waals surface area contributed by atoms with Crippen LogP contribution in [0.3, 0.4) is 0 Å². The van der Waals surface area contributed by atoms with Gasteiger partial charge in [-0.3, -0.25) is 0 Å². The van der Waals surface area contributed by atoms with Crippen molar-refractivity contribution in [1.29, 1.82) is 0 Å². The van der Waals surface area contributed by atoms with E-state index >= 15 is 0 Å². The molecule has 0 saturated heterocycles. The molecule has 2 saturated carbocycles. The van der Waals surface area contributed by atoms with Crippen LogP contribution in [0.5, 0.6) is 0 Å². The molecule has 1 heteroatoms. The minimum Gasteiger partial charge on any atom is -0.390 e. The van der Waals surface area contributed by atoms with Crippen LogP contribution in [0.15, 0.2) is 0 Å². The molecule has 0 bridgehead atoms. The first-order chi connectivity index (χ1) is 11.4. The number of hydrogen-bond acceptors (Lipinski definition) is 1. The van der Waals surface area contributed by atoms with Gasteiger partial charge in [0.05, 0.1) is 5.60 Å². The lowest BCUT2D eigenvalue weighted by molar-refractivity contribution is -0.191. The monoisotopic (exact) mass is 364 g/mol. The molecule has 26 heavy (non-hydrogen) atoms. The van der Waals surface area contributed by atoms with Crippen molar-refractivity contribution in [3.63, 3.8) is 0 Å². The van der Waals surface area contributed by atoms with Crippen LogP contribution < -0.4 is 0 Å². The maximum atomic E-state index is 10.7. The summed E-state index contributed by atoms with van der Waals surface area (Å²) in [6.07, 6.45) is 4.73. The van der Waals surface area contributed by atoms with Crippen molar-refractivity contribution < 1.29 is 5.11 Å². The predicted octanol–water partition coefficient (Wildman–Crippen LogP) is 7.32. The smallest absolute Gasteiger partial charge is 0.0597 e. The summed E-state index contributed by atoms with van der Waals surface area (Å²) in [4.78, 5) is 0. The average Bonchev–Trinajstić information content (AvgIpc) is 2.83. The highest BCUT2D eigenvalue weighted by atomic mass is 16.3. The third kappa shape index (κ3) is 3.19. The van der Waals surface area contributed by atoms with E-state index < -0.39 is 5.60 Å². The van der Waals surface area contributed by atoms with Gasteiger partial charge in [0.2, 0.25) is 0 Å². The number of rotatable bonds is 7. The van der Waals surface area contributed by atoms with Gasteiger partial charge in [-0.05, 0) is 77.9 Å². The number of aliphatic hydroxyl groups is 1. The van der Waals surface area contributed by atoms with Crippen LogP contribution in [0.1, 0.15) is 109 Å². The number of fused-ring (bicyclic) bond motifs is 1. The van der Waals surface area contributed by atoms with E-state index in [9.17, 15) is 5.11 Å². The molecule has 5 atom stereocenters. The van der Waals surface area contributed by atoms with Crippen molar-refractivity contribution in [1.82, 2.24) is 0 Å². The summed E-state index contributed by atoms with van der Waals surface area (Å²) >= 11 is 0. The van der Waals surface area contributed by atoms with E-state index in [0.717, 1.165) is 24.2 Å². The average molecular weight is 365 g/mol. The number of hydrogen-bond donors (Lipinski definition) is 1. The quantitative estimate of drug-likeness (QED) is 0.501. The summed E-state index contributed by atoms with van der Waals surface area (Å²) in [5.74, 6) is 2.44. The molecule has 0 amide bonds. The van der Waals surface area contributed by atoms with Gasteiger partial charge in [-0.2, -0.15) is 0 Å². The summed E-state index contributed by atoms with van der Waals surface area (Å²) in [6.45, 7) is 28.6. The highest BCUT2D eigenvalue weighted by Crippen LogP contribution is 2.90. The van der Waals surface area contributed by atoms with Crippen molar-refractivity contribution in [2.24, 2.45) is 44.8 Å². The standard InChI is InChI=1S/C25H48O/c1-13-23(11,14-20(4,5)6)25(21(7,8)15-22(9,10)26)16-24(12)18(17(2)3)19(24)25/h17-19,26H,13-16H2,1-12H3. The Labute approximate surface area is 164 Å². The molecule has 0 aliphatic heterocycles.